The number of hydrogen-bond acceptors (Lipinski definition) is 5. The molecule has 2 aromatic rings. The fraction of sp³-hybridized carbons (Fsp3) is 0.647. The SMILES string of the molecule is Cc1cc(=O)n2[nH]c(CC(=O)N3CCC4(CCOCC4)CC3)nc2n1. The Bertz CT molecular complexity index is 840. The standard InChI is InChI=1S/C17H23N5O3/c1-12-10-15(24)22-16(18-12)19-13(20-22)11-14(23)21-6-2-17(3-7-21)4-8-25-9-5-17/h10H,2-9,11H2,1H3,(H,18,19,20). The van der Waals surface area contributed by atoms with Crippen molar-refractivity contribution >= 4 is 11.7 Å². The highest BCUT2D eigenvalue weighted by Crippen LogP contribution is 2.40. The summed E-state index contributed by atoms with van der Waals surface area (Å²) in [5.74, 6) is 0.838. The summed E-state index contributed by atoms with van der Waals surface area (Å²) >= 11 is 0. The van der Waals surface area contributed by atoms with Gasteiger partial charge in [0, 0.05) is 38.1 Å². The summed E-state index contributed by atoms with van der Waals surface area (Å²) in [6, 6.07) is 1.44. The van der Waals surface area contributed by atoms with Gasteiger partial charge in [-0.2, -0.15) is 9.50 Å². The average molecular weight is 345 g/mol. The lowest BCUT2D eigenvalue weighted by Gasteiger charge is -2.44. The largest absolute Gasteiger partial charge is 0.381 e. The van der Waals surface area contributed by atoms with E-state index in [1.807, 2.05) is 4.90 Å². The van der Waals surface area contributed by atoms with Crippen molar-refractivity contribution in [2.24, 2.45) is 5.41 Å². The van der Waals surface area contributed by atoms with E-state index in [9.17, 15) is 9.59 Å². The molecule has 0 aliphatic carbocycles. The van der Waals surface area contributed by atoms with Gasteiger partial charge in [-0.05, 0) is 38.0 Å². The van der Waals surface area contributed by atoms with E-state index in [0.29, 0.717) is 22.7 Å². The number of ether oxygens (including phenoxy) is 1. The van der Waals surface area contributed by atoms with Crippen molar-refractivity contribution in [2.45, 2.75) is 39.0 Å². The van der Waals surface area contributed by atoms with Crippen molar-refractivity contribution in [2.75, 3.05) is 26.3 Å². The average Bonchev–Trinajstić information content (AvgIpc) is 2.99. The monoisotopic (exact) mass is 345 g/mol. The molecule has 0 atom stereocenters. The van der Waals surface area contributed by atoms with Gasteiger partial charge in [-0.3, -0.25) is 14.7 Å². The highest BCUT2D eigenvalue weighted by Gasteiger charge is 2.37. The number of carbonyl (C=O) groups is 1. The molecule has 0 unspecified atom stereocenters. The van der Waals surface area contributed by atoms with Crippen molar-refractivity contribution in [3.63, 3.8) is 0 Å². The number of aromatic nitrogens is 4. The number of piperidine rings is 1. The molecule has 2 saturated heterocycles. The lowest BCUT2D eigenvalue weighted by atomic mass is 9.72. The zero-order valence-corrected chi connectivity index (χ0v) is 14.5. The molecule has 0 aromatic carbocycles. The van der Waals surface area contributed by atoms with Crippen LogP contribution in [0.4, 0.5) is 0 Å². The summed E-state index contributed by atoms with van der Waals surface area (Å²) in [6.07, 6.45) is 4.46. The summed E-state index contributed by atoms with van der Waals surface area (Å²) in [5, 5.41) is 2.88. The summed E-state index contributed by atoms with van der Waals surface area (Å²) in [7, 11) is 0. The molecule has 8 nitrogen and oxygen atoms in total. The number of carbonyl (C=O) groups excluding carboxylic acids is 1. The second kappa shape index (κ2) is 6.25. The molecule has 8 heteroatoms. The predicted octanol–water partition coefficient (Wildman–Crippen LogP) is 0.688. The van der Waals surface area contributed by atoms with E-state index in [2.05, 4.69) is 15.1 Å². The van der Waals surface area contributed by atoms with Gasteiger partial charge >= 0.3 is 0 Å². The van der Waals surface area contributed by atoms with Crippen molar-refractivity contribution in [3.8, 4) is 0 Å². The van der Waals surface area contributed by atoms with Crippen molar-refractivity contribution < 1.29 is 9.53 Å². The normalized spacial score (nSPS) is 20.3. The van der Waals surface area contributed by atoms with Gasteiger partial charge in [0.25, 0.3) is 11.3 Å². The van der Waals surface area contributed by atoms with Crippen LogP contribution >= 0.6 is 0 Å². The molecule has 2 aromatic heterocycles. The lowest BCUT2D eigenvalue weighted by Crippen LogP contribution is -2.45. The van der Waals surface area contributed by atoms with Crippen LogP contribution in [0.5, 0.6) is 0 Å². The predicted molar refractivity (Wildman–Crippen MR) is 90.3 cm³/mol. The minimum Gasteiger partial charge on any atom is -0.381 e. The Labute approximate surface area is 145 Å². The number of H-pyrrole nitrogens is 1. The van der Waals surface area contributed by atoms with Gasteiger partial charge in [-0.1, -0.05) is 0 Å². The molecule has 0 saturated carbocycles. The highest BCUT2D eigenvalue weighted by molar-refractivity contribution is 5.78. The Morgan fingerprint density at radius 3 is 2.68 bits per heavy atom. The summed E-state index contributed by atoms with van der Waals surface area (Å²) < 4.78 is 6.75. The van der Waals surface area contributed by atoms with Gasteiger partial charge in [-0.15, -0.1) is 0 Å². The maximum Gasteiger partial charge on any atom is 0.274 e. The van der Waals surface area contributed by atoms with Crippen LogP contribution in [0.25, 0.3) is 5.78 Å². The number of aryl methyl sites for hydroxylation is 1. The molecular weight excluding hydrogens is 322 g/mol. The van der Waals surface area contributed by atoms with Crippen LogP contribution in [-0.4, -0.2) is 56.7 Å². The smallest absolute Gasteiger partial charge is 0.274 e. The summed E-state index contributed by atoms with van der Waals surface area (Å²) in [4.78, 5) is 34.9. The van der Waals surface area contributed by atoms with Crippen LogP contribution in [0.3, 0.4) is 0 Å². The first-order valence-corrected chi connectivity index (χ1v) is 8.86. The molecule has 134 valence electrons. The third-order valence-corrected chi connectivity index (χ3v) is 5.55. The van der Waals surface area contributed by atoms with E-state index in [1.54, 1.807) is 6.92 Å². The maximum absolute atomic E-state index is 12.6. The molecule has 0 bridgehead atoms. The number of nitrogens with one attached hydrogen (secondary N) is 1. The van der Waals surface area contributed by atoms with E-state index in [-0.39, 0.29) is 17.9 Å². The minimum absolute atomic E-state index is 0.0470. The van der Waals surface area contributed by atoms with Crippen LogP contribution in [0, 0.1) is 12.3 Å². The first-order valence-electron chi connectivity index (χ1n) is 8.86. The van der Waals surface area contributed by atoms with Gasteiger partial charge in [-0.25, -0.2) is 4.98 Å². The van der Waals surface area contributed by atoms with Gasteiger partial charge in [0.1, 0.15) is 5.82 Å². The third-order valence-electron chi connectivity index (χ3n) is 5.55. The Balaban J connectivity index is 1.42. The minimum atomic E-state index is -0.215. The van der Waals surface area contributed by atoms with Gasteiger partial charge < -0.3 is 9.64 Å². The van der Waals surface area contributed by atoms with E-state index in [4.69, 9.17) is 4.74 Å². The zero-order valence-electron chi connectivity index (χ0n) is 14.5. The van der Waals surface area contributed by atoms with Gasteiger partial charge in [0.15, 0.2) is 0 Å². The Morgan fingerprint density at radius 2 is 1.96 bits per heavy atom. The third kappa shape index (κ3) is 3.18. The van der Waals surface area contributed by atoms with Crippen LogP contribution in [-0.2, 0) is 16.0 Å². The number of amides is 1. The molecule has 1 amide bonds. The molecule has 0 radical (unpaired) electrons. The van der Waals surface area contributed by atoms with E-state index < -0.39 is 0 Å². The van der Waals surface area contributed by atoms with E-state index in [0.717, 1.165) is 52.0 Å². The molecule has 2 aliphatic heterocycles. The lowest BCUT2D eigenvalue weighted by molar-refractivity contribution is -0.134. The fourth-order valence-corrected chi connectivity index (χ4v) is 3.91. The van der Waals surface area contributed by atoms with Crippen molar-refractivity contribution in [3.05, 3.63) is 27.9 Å². The molecule has 4 rings (SSSR count). The van der Waals surface area contributed by atoms with Crippen LogP contribution in [0.15, 0.2) is 10.9 Å². The number of aromatic amines is 1. The number of rotatable bonds is 2. The summed E-state index contributed by atoms with van der Waals surface area (Å²) in [5.41, 5.74) is 0.767. The van der Waals surface area contributed by atoms with Crippen molar-refractivity contribution in [1.29, 1.82) is 0 Å². The number of nitrogens with zero attached hydrogens (tertiary/aromatic N) is 4. The Hall–Kier alpha value is -2.22. The van der Waals surface area contributed by atoms with Crippen molar-refractivity contribution in [1.82, 2.24) is 24.5 Å². The van der Waals surface area contributed by atoms with Crippen LogP contribution in [0.2, 0.25) is 0 Å². The molecule has 1 N–H and O–H groups in total. The molecular formula is C17H23N5O3. The first-order chi connectivity index (χ1) is 12.0. The first kappa shape index (κ1) is 16.3. The molecule has 1 spiro atoms. The Kier molecular flexibility index (Phi) is 4.07. The van der Waals surface area contributed by atoms with E-state index >= 15 is 0 Å². The second-order valence-corrected chi connectivity index (χ2v) is 7.21. The quantitative estimate of drug-likeness (QED) is 0.864. The molecule has 4 heterocycles. The molecule has 25 heavy (non-hydrogen) atoms. The topological polar surface area (TPSA) is 92.6 Å². The Morgan fingerprint density at radius 1 is 1.24 bits per heavy atom. The van der Waals surface area contributed by atoms with Gasteiger partial charge in [0.2, 0.25) is 5.91 Å². The molecule has 2 aliphatic rings. The molecule has 2 fully saturated rings. The maximum atomic E-state index is 12.6. The number of hydrogen-bond donors (Lipinski definition) is 1. The fourth-order valence-electron chi connectivity index (χ4n) is 3.91. The van der Waals surface area contributed by atoms with E-state index in [1.165, 1.54) is 10.6 Å². The summed E-state index contributed by atoms with van der Waals surface area (Å²) in [6.45, 7) is 5.01. The number of likely N-dealkylation sites (tertiary alicyclic amines) is 1. The van der Waals surface area contributed by atoms with Crippen LogP contribution in [0.1, 0.15) is 37.2 Å². The number of fused-ring (bicyclic) bond motifs is 1. The second-order valence-electron chi connectivity index (χ2n) is 7.21. The highest BCUT2D eigenvalue weighted by atomic mass is 16.5. The van der Waals surface area contributed by atoms with Gasteiger partial charge in [0.05, 0.1) is 6.42 Å². The van der Waals surface area contributed by atoms with Crippen LogP contribution < -0.4 is 5.56 Å². The zero-order chi connectivity index (χ0) is 17.4.